The van der Waals surface area contributed by atoms with Gasteiger partial charge < -0.3 is 14.8 Å². The van der Waals surface area contributed by atoms with Crippen molar-refractivity contribution >= 4 is 11.9 Å². The van der Waals surface area contributed by atoms with E-state index in [4.69, 9.17) is 24.8 Å². The SMILES string of the molecule is Fc1ccc(CN2CCn3cc(CN4CCCCC4)nc3C2)cc1.O=C(O)C(F)(F)F.O=C(O)C(F)(F)F. The number of hydrogen-bond acceptors (Lipinski definition) is 5. The molecule has 1 fully saturated rings. The maximum Gasteiger partial charge on any atom is 0.490 e. The molecule has 2 aliphatic heterocycles. The molecule has 212 valence electrons. The molecule has 38 heavy (non-hydrogen) atoms. The van der Waals surface area contributed by atoms with Gasteiger partial charge in [0.25, 0.3) is 0 Å². The summed E-state index contributed by atoms with van der Waals surface area (Å²) in [4.78, 5) is 27.6. The molecule has 2 N–H and O–H groups in total. The number of aromatic nitrogens is 2. The Morgan fingerprint density at radius 3 is 1.82 bits per heavy atom. The summed E-state index contributed by atoms with van der Waals surface area (Å²) in [6, 6.07) is 6.82. The van der Waals surface area contributed by atoms with Crippen molar-refractivity contribution in [3.05, 3.63) is 53.4 Å². The van der Waals surface area contributed by atoms with Gasteiger partial charge in [-0.25, -0.2) is 19.0 Å². The molecular formula is C23H27F7N4O4. The van der Waals surface area contributed by atoms with Gasteiger partial charge in [-0.05, 0) is 43.6 Å². The predicted octanol–water partition coefficient (Wildman–Crippen LogP) is 4.29. The van der Waals surface area contributed by atoms with Crippen LogP contribution in [-0.2, 0) is 35.8 Å². The summed E-state index contributed by atoms with van der Waals surface area (Å²) in [6.07, 6.45) is -3.92. The topological polar surface area (TPSA) is 98.9 Å². The number of carbonyl (C=O) groups is 2. The van der Waals surface area contributed by atoms with Crippen LogP contribution in [0.5, 0.6) is 0 Å². The molecular weight excluding hydrogens is 529 g/mol. The van der Waals surface area contributed by atoms with Gasteiger partial charge >= 0.3 is 24.3 Å². The molecule has 0 amide bonds. The number of aliphatic carboxylic acids is 2. The first-order chi connectivity index (χ1) is 17.6. The molecule has 1 aromatic heterocycles. The van der Waals surface area contributed by atoms with Crippen molar-refractivity contribution in [2.45, 2.75) is 57.8 Å². The van der Waals surface area contributed by atoms with Crippen LogP contribution in [0.15, 0.2) is 30.5 Å². The van der Waals surface area contributed by atoms with E-state index < -0.39 is 24.3 Å². The summed E-state index contributed by atoms with van der Waals surface area (Å²) < 4.78 is 78.8. The molecule has 0 bridgehead atoms. The molecule has 4 rings (SSSR count). The van der Waals surface area contributed by atoms with Gasteiger partial charge in [-0.15, -0.1) is 0 Å². The Bertz CT molecular complexity index is 1030. The molecule has 2 aromatic rings. The van der Waals surface area contributed by atoms with Gasteiger partial charge in [0, 0.05) is 32.4 Å². The van der Waals surface area contributed by atoms with E-state index in [1.165, 1.54) is 50.2 Å². The molecule has 0 radical (unpaired) electrons. The van der Waals surface area contributed by atoms with Crippen LogP contribution in [0.2, 0.25) is 0 Å². The summed E-state index contributed by atoms with van der Waals surface area (Å²) in [5, 5.41) is 14.2. The number of carboxylic acids is 2. The van der Waals surface area contributed by atoms with Crippen molar-refractivity contribution in [2.75, 3.05) is 19.6 Å². The minimum Gasteiger partial charge on any atom is -0.475 e. The number of nitrogens with zero attached hydrogens (tertiary/aromatic N) is 4. The van der Waals surface area contributed by atoms with Gasteiger partial charge in [0.2, 0.25) is 0 Å². The lowest BCUT2D eigenvalue weighted by atomic mass is 10.1. The van der Waals surface area contributed by atoms with Crippen LogP contribution in [0.25, 0.3) is 0 Å². The number of halogens is 7. The third kappa shape index (κ3) is 10.7. The molecule has 8 nitrogen and oxygen atoms in total. The standard InChI is InChI=1S/C19H25FN4.2C2HF3O2/c20-17-6-4-16(5-7-17)12-23-10-11-24-14-18(21-19(24)15-23)13-22-8-2-1-3-9-22;2*3-2(4,5)1(6)7/h4-7,14H,1-3,8-13,15H2;2*(H,6,7). The average molecular weight is 556 g/mol. The number of alkyl halides is 6. The Hall–Kier alpha value is -3.20. The maximum atomic E-state index is 13.0. The predicted molar refractivity (Wildman–Crippen MR) is 119 cm³/mol. The molecule has 1 aromatic carbocycles. The Balaban J connectivity index is 0.000000301. The second-order valence-electron chi connectivity index (χ2n) is 8.62. The highest BCUT2D eigenvalue weighted by molar-refractivity contribution is 5.73. The number of imidazole rings is 1. The summed E-state index contributed by atoms with van der Waals surface area (Å²) in [5.41, 5.74) is 2.36. The molecule has 2 aliphatic rings. The number of benzene rings is 1. The first-order valence-corrected chi connectivity index (χ1v) is 11.5. The second kappa shape index (κ2) is 13.6. The van der Waals surface area contributed by atoms with Crippen molar-refractivity contribution in [3.63, 3.8) is 0 Å². The summed E-state index contributed by atoms with van der Waals surface area (Å²) >= 11 is 0. The van der Waals surface area contributed by atoms with E-state index in [9.17, 15) is 30.7 Å². The van der Waals surface area contributed by atoms with Crippen molar-refractivity contribution in [1.29, 1.82) is 0 Å². The van der Waals surface area contributed by atoms with E-state index in [0.29, 0.717) is 0 Å². The number of hydrogen-bond donors (Lipinski definition) is 2. The van der Waals surface area contributed by atoms with Gasteiger partial charge in [0.1, 0.15) is 11.6 Å². The van der Waals surface area contributed by atoms with E-state index in [-0.39, 0.29) is 5.82 Å². The van der Waals surface area contributed by atoms with Gasteiger partial charge in [0.05, 0.1) is 12.2 Å². The van der Waals surface area contributed by atoms with Crippen LogP contribution in [0.3, 0.4) is 0 Å². The number of carboxylic acid groups (broad SMARTS) is 2. The number of fused-ring (bicyclic) bond motifs is 1. The van der Waals surface area contributed by atoms with Crippen LogP contribution in [0.4, 0.5) is 30.7 Å². The average Bonchev–Trinajstić information content (AvgIpc) is 3.22. The first-order valence-electron chi connectivity index (χ1n) is 11.5. The Morgan fingerprint density at radius 1 is 0.789 bits per heavy atom. The van der Waals surface area contributed by atoms with E-state index in [0.717, 1.165) is 44.1 Å². The third-order valence-corrected chi connectivity index (χ3v) is 5.57. The quantitative estimate of drug-likeness (QED) is 0.543. The Morgan fingerprint density at radius 2 is 1.32 bits per heavy atom. The van der Waals surface area contributed by atoms with E-state index in [1.807, 2.05) is 12.1 Å². The van der Waals surface area contributed by atoms with Crippen molar-refractivity contribution in [1.82, 2.24) is 19.4 Å². The Kier molecular flexibility index (Phi) is 11.1. The van der Waals surface area contributed by atoms with E-state index in [2.05, 4.69) is 20.6 Å². The third-order valence-electron chi connectivity index (χ3n) is 5.57. The fourth-order valence-corrected chi connectivity index (χ4v) is 3.77. The Labute approximate surface area is 213 Å². The largest absolute Gasteiger partial charge is 0.490 e. The van der Waals surface area contributed by atoms with Crippen molar-refractivity contribution in [2.24, 2.45) is 0 Å². The van der Waals surface area contributed by atoms with Crippen molar-refractivity contribution < 1.29 is 50.5 Å². The van der Waals surface area contributed by atoms with E-state index in [1.54, 1.807) is 0 Å². The molecule has 1 saturated heterocycles. The molecule has 0 spiro atoms. The monoisotopic (exact) mass is 556 g/mol. The number of piperidine rings is 1. The zero-order valence-corrected chi connectivity index (χ0v) is 20.1. The highest BCUT2D eigenvalue weighted by Gasteiger charge is 2.38. The lowest BCUT2D eigenvalue weighted by molar-refractivity contribution is -0.193. The van der Waals surface area contributed by atoms with E-state index >= 15 is 0 Å². The van der Waals surface area contributed by atoms with Crippen LogP contribution >= 0.6 is 0 Å². The minimum atomic E-state index is -5.08. The summed E-state index contributed by atoms with van der Waals surface area (Å²) in [6.45, 7) is 7.13. The van der Waals surface area contributed by atoms with Gasteiger partial charge in [0.15, 0.2) is 0 Å². The van der Waals surface area contributed by atoms with Gasteiger partial charge in [-0.3, -0.25) is 9.80 Å². The highest BCUT2D eigenvalue weighted by Crippen LogP contribution is 2.18. The lowest BCUT2D eigenvalue weighted by Gasteiger charge is -2.27. The summed E-state index contributed by atoms with van der Waals surface area (Å²) in [5.74, 6) is -4.52. The van der Waals surface area contributed by atoms with Crippen LogP contribution < -0.4 is 0 Å². The van der Waals surface area contributed by atoms with Crippen LogP contribution in [0.1, 0.15) is 36.3 Å². The highest BCUT2D eigenvalue weighted by atomic mass is 19.4. The fourth-order valence-electron chi connectivity index (χ4n) is 3.77. The molecule has 0 unspecified atom stereocenters. The smallest absolute Gasteiger partial charge is 0.475 e. The minimum absolute atomic E-state index is 0.171. The van der Waals surface area contributed by atoms with Gasteiger partial charge in [-0.2, -0.15) is 26.3 Å². The number of rotatable bonds is 4. The normalized spacial score (nSPS) is 16.4. The molecule has 0 aliphatic carbocycles. The molecule has 0 atom stereocenters. The molecule has 0 saturated carbocycles. The van der Waals surface area contributed by atoms with Gasteiger partial charge in [-0.1, -0.05) is 18.6 Å². The second-order valence-corrected chi connectivity index (χ2v) is 8.62. The first kappa shape index (κ1) is 31.0. The van der Waals surface area contributed by atoms with Crippen LogP contribution in [-0.4, -0.2) is 73.5 Å². The van der Waals surface area contributed by atoms with Crippen molar-refractivity contribution in [3.8, 4) is 0 Å². The zero-order valence-electron chi connectivity index (χ0n) is 20.1. The lowest BCUT2D eigenvalue weighted by Crippen LogP contribution is -2.33. The fraction of sp³-hybridized carbons (Fsp3) is 0.522. The molecule has 3 heterocycles. The van der Waals surface area contributed by atoms with Crippen LogP contribution in [0, 0.1) is 5.82 Å². The number of likely N-dealkylation sites (tertiary alicyclic amines) is 1. The summed E-state index contributed by atoms with van der Waals surface area (Å²) in [7, 11) is 0. The molecule has 15 heteroatoms. The maximum absolute atomic E-state index is 13.0. The zero-order chi connectivity index (χ0) is 28.5.